The number of hydrogen-bond donors (Lipinski definition) is 2. The van der Waals surface area contributed by atoms with E-state index in [9.17, 15) is 0 Å². The third-order valence-corrected chi connectivity index (χ3v) is 4.66. The molecule has 1 fully saturated rings. The van der Waals surface area contributed by atoms with Crippen LogP contribution in [0.5, 0.6) is 11.5 Å². The Morgan fingerprint density at radius 1 is 1.22 bits per heavy atom. The van der Waals surface area contributed by atoms with E-state index in [1.54, 1.807) is 14.2 Å². The van der Waals surface area contributed by atoms with Crippen molar-refractivity contribution in [2.45, 2.75) is 19.1 Å². The number of halogens is 1. The molecule has 27 heavy (non-hydrogen) atoms. The molecule has 0 amide bonds. The maximum absolute atomic E-state index is 5.97. The van der Waals surface area contributed by atoms with E-state index in [0.29, 0.717) is 12.6 Å². The number of methoxy groups -OCH3 is 1. The predicted molar refractivity (Wildman–Crippen MR) is 122 cm³/mol. The first kappa shape index (κ1) is 23.8. The lowest BCUT2D eigenvalue weighted by molar-refractivity contribution is 0.116. The van der Waals surface area contributed by atoms with Crippen LogP contribution in [-0.2, 0) is 0 Å². The van der Waals surface area contributed by atoms with Gasteiger partial charge in [-0.05, 0) is 33.2 Å². The van der Waals surface area contributed by atoms with E-state index in [1.165, 1.54) is 0 Å². The van der Waals surface area contributed by atoms with Crippen LogP contribution in [0.25, 0.3) is 0 Å². The number of para-hydroxylation sites is 2. The van der Waals surface area contributed by atoms with Gasteiger partial charge in [0.1, 0.15) is 6.10 Å². The maximum atomic E-state index is 5.97. The SMILES string of the molecule is CN=C(NCC(C)Oc1ccccc1OC)NCC1CN(C)CCN1C.I. The van der Waals surface area contributed by atoms with Gasteiger partial charge in [0.15, 0.2) is 17.5 Å². The summed E-state index contributed by atoms with van der Waals surface area (Å²) in [5.41, 5.74) is 0. The Kier molecular flexibility index (Phi) is 10.8. The fourth-order valence-corrected chi connectivity index (χ4v) is 2.97. The molecule has 0 radical (unpaired) electrons. The third-order valence-electron chi connectivity index (χ3n) is 4.66. The average Bonchev–Trinajstić information content (AvgIpc) is 2.65. The summed E-state index contributed by atoms with van der Waals surface area (Å²) in [4.78, 5) is 9.07. The van der Waals surface area contributed by atoms with Crippen molar-refractivity contribution >= 4 is 29.9 Å². The topological polar surface area (TPSA) is 61.4 Å². The number of aliphatic imine (C=N–C) groups is 1. The van der Waals surface area contributed by atoms with Crippen LogP contribution in [0, 0.1) is 0 Å². The molecule has 2 rings (SSSR count). The number of ether oxygens (including phenoxy) is 2. The van der Waals surface area contributed by atoms with Crippen LogP contribution in [0.2, 0.25) is 0 Å². The van der Waals surface area contributed by atoms with Gasteiger partial charge in [0.25, 0.3) is 0 Å². The number of nitrogens with zero attached hydrogens (tertiary/aromatic N) is 3. The monoisotopic (exact) mass is 491 g/mol. The zero-order chi connectivity index (χ0) is 18.9. The fourth-order valence-electron chi connectivity index (χ4n) is 2.97. The lowest BCUT2D eigenvalue weighted by atomic mass is 10.2. The summed E-state index contributed by atoms with van der Waals surface area (Å²) in [5, 5.41) is 6.76. The zero-order valence-electron chi connectivity index (χ0n) is 17.1. The van der Waals surface area contributed by atoms with Crippen LogP contribution in [0.15, 0.2) is 29.3 Å². The van der Waals surface area contributed by atoms with Crippen LogP contribution in [-0.4, -0.2) is 88.9 Å². The molecule has 1 aliphatic heterocycles. The smallest absolute Gasteiger partial charge is 0.191 e. The molecule has 1 aromatic carbocycles. The summed E-state index contributed by atoms with van der Waals surface area (Å²) in [6.45, 7) is 6.82. The molecule has 0 saturated carbocycles. The summed E-state index contributed by atoms with van der Waals surface area (Å²) >= 11 is 0. The van der Waals surface area contributed by atoms with Gasteiger partial charge in [-0.1, -0.05) is 12.1 Å². The first-order valence-corrected chi connectivity index (χ1v) is 9.16. The van der Waals surface area contributed by atoms with E-state index in [2.05, 4.69) is 39.5 Å². The quantitative estimate of drug-likeness (QED) is 0.343. The molecule has 2 N–H and O–H groups in total. The molecule has 0 aromatic heterocycles. The zero-order valence-corrected chi connectivity index (χ0v) is 19.4. The van der Waals surface area contributed by atoms with Gasteiger partial charge in [-0.15, -0.1) is 24.0 Å². The van der Waals surface area contributed by atoms with Gasteiger partial charge in [-0.2, -0.15) is 0 Å². The normalized spacial score (nSPS) is 19.7. The van der Waals surface area contributed by atoms with Gasteiger partial charge >= 0.3 is 0 Å². The van der Waals surface area contributed by atoms with Gasteiger partial charge in [0.2, 0.25) is 0 Å². The molecule has 154 valence electrons. The van der Waals surface area contributed by atoms with Gasteiger partial charge in [-0.3, -0.25) is 9.89 Å². The highest BCUT2D eigenvalue weighted by atomic mass is 127. The van der Waals surface area contributed by atoms with Crippen molar-refractivity contribution < 1.29 is 9.47 Å². The molecular formula is C19H34IN5O2. The Morgan fingerprint density at radius 2 is 1.93 bits per heavy atom. The Hall–Kier alpha value is -1.26. The third kappa shape index (κ3) is 7.71. The molecule has 8 heteroatoms. The first-order valence-electron chi connectivity index (χ1n) is 9.16. The summed E-state index contributed by atoms with van der Waals surface area (Å²) in [7, 11) is 7.79. The first-order chi connectivity index (χ1) is 12.5. The Labute approximate surface area is 180 Å². The van der Waals surface area contributed by atoms with Crippen molar-refractivity contribution in [1.29, 1.82) is 0 Å². The van der Waals surface area contributed by atoms with Crippen molar-refractivity contribution in [3.05, 3.63) is 24.3 Å². The predicted octanol–water partition coefficient (Wildman–Crippen LogP) is 1.49. The second-order valence-corrected chi connectivity index (χ2v) is 6.81. The molecule has 0 spiro atoms. The standard InChI is InChI=1S/C19H33N5O2.HI/c1-15(26-18-9-7-6-8-17(18)25-5)12-21-19(20-2)22-13-16-14-23(3)10-11-24(16)4;/h6-9,15-16H,10-14H2,1-5H3,(H2,20,21,22);1H. The molecule has 1 saturated heterocycles. The van der Waals surface area contributed by atoms with Gasteiger partial charge < -0.3 is 25.0 Å². The van der Waals surface area contributed by atoms with Crippen LogP contribution < -0.4 is 20.1 Å². The van der Waals surface area contributed by atoms with Gasteiger partial charge in [-0.25, -0.2) is 0 Å². The molecule has 2 unspecified atom stereocenters. The minimum atomic E-state index is -0.0201. The van der Waals surface area contributed by atoms with E-state index in [4.69, 9.17) is 9.47 Å². The number of rotatable bonds is 7. The fraction of sp³-hybridized carbons (Fsp3) is 0.632. The van der Waals surface area contributed by atoms with Gasteiger partial charge in [0.05, 0.1) is 13.7 Å². The average molecular weight is 491 g/mol. The van der Waals surface area contributed by atoms with E-state index in [1.807, 2.05) is 31.2 Å². The lowest BCUT2D eigenvalue weighted by Crippen LogP contribution is -2.55. The Morgan fingerprint density at radius 3 is 2.59 bits per heavy atom. The number of nitrogens with one attached hydrogen (secondary N) is 2. The molecule has 0 bridgehead atoms. The summed E-state index contributed by atoms with van der Waals surface area (Å²) in [6, 6.07) is 8.16. The van der Waals surface area contributed by atoms with E-state index >= 15 is 0 Å². The number of hydrogen-bond acceptors (Lipinski definition) is 5. The highest BCUT2D eigenvalue weighted by Crippen LogP contribution is 2.26. The van der Waals surface area contributed by atoms with Crippen LogP contribution in [0.3, 0.4) is 0 Å². The van der Waals surface area contributed by atoms with Crippen LogP contribution >= 0.6 is 24.0 Å². The molecule has 0 aliphatic carbocycles. The van der Waals surface area contributed by atoms with Crippen molar-refractivity contribution in [3.8, 4) is 11.5 Å². The molecule has 1 aliphatic rings. The molecule has 2 atom stereocenters. The second-order valence-electron chi connectivity index (χ2n) is 6.81. The van der Waals surface area contributed by atoms with Crippen molar-refractivity contribution in [2.24, 2.45) is 4.99 Å². The number of likely N-dealkylation sites (N-methyl/N-ethyl adjacent to an activating group) is 2. The summed E-state index contributed by atoms with van der Waals surface area (Å²) in [5.74, 6) is 2.28. The van der Waals surface area contributed by atoms with Crippen molar-refractivity contribution in [1.82, 2.24) is 20.4 Å². The summed E-state index contributed by atoms with van der Waals surface area (Å²) in [6.07, 6.45) is -0.0201. The minimum absolute atomic E-state index is 0. The Balaban J connectivity index is 0.00000364. The lowest BCUT2D eigenvalue weighted by Gasteiger charge is -2.38. The molecular weight excluding hydrogens is 457 g/mol. The highest BCUT2D eigenvalue weighted by Gasteiger charge is 2.22. The van der Waals surface area contributed by atoms with Crippen molar-refractivity contribution in [2.75, 3.05) is 61.0 Å². The number of piperazine rings is 1. The highest BCUT2D eigenvalue weighted by molar-refractivity contribution is 14.0. The number of guanidine groups is 1. The van der Waals surface area contributed by atoms with E-state index < -0.39 is 0 Å². The Bertz CT molecular complexity index is 587. The van der Waals surface area contributed by atoms with Crippen LogP contribution in [0.4, 0.5) is 0 Å². The maximum Gasteiger partial charge on any atom is 0.191 e. The van der Waals surface area contributed by atoms with Gasteiger partial charge in [0, 0.05) is 39.3 Å². The number of benzene rings is 1. The molecule has 1 aromatic rings. The van der Waals surface area contributed by atoms with Crippen LogP contribution in [0.1, 0.15) is 6.92 Å². The van der Waals surface area contributed by atoms with Crippen molar-refractivity contribution in [3.63, 3.8) is 0 Å². The molecule has 1 heterocycles. The summed E-state index contributed by atoms with van der Waals surface area (Å²) < 4.78 is 11.3. The molecule has 7 nitrogen and oxygen atoms in total. The van der Waals surface area contributed by atoms with E-state index in [0.717, 1.165) is 43.6 Å². The largest absolute Gasteiger partial charge is 0.493 e. The minimum Gasteiger partial charge on any atom is -0.493 e. The van der Waals surface area contributed by atoms with E-state index in [-0.39, 0.29) is 30.1 Å². The second kappa shape index (κ2) is 12.2.